The molecule has 1 aromatic rings. The number of hydrogen-bond acceptors (Lipinski definition) is 5. The molecule has 0 spiro atoms. The Kier molecular flexibility index (Phi) is 9.68. The van der Waals surface area contributed by atoms with E-state index in [1.54, 1.807) is 0 Å². The molecule has 1 unspecified atom stereocenters. The van der Waals surface area contributed by atoms with Gasteiger partial charge in [0.2, 0.25) is 0 Å². The van der Waals surface area contributed by atoms with E-state index in [0.717, 1.165) is 55.8 Å². The molecular weight excluding hydrogens is 402 g/mol. The molecule has 5 nitrogen and oxygen atoms in total. The predicted octanol–water partition coefficient (Wildman–Crippen LogP) is 4.85. The topological polar surface area (TPSA) is 53.6 Å². The summed E-state index contributed by atoms with van der Waals surface area (Å²) in [5, 5.41) is 6.11. The normalized spacial score (nSPS) is 15.3. The van der Waals surface area contributed by atoms with Crippen molar-refractivity contribution in [3.8, 4) is 0 Å². The lowest BCUT2D eigenvalue weighted by Gasteiger charge is -2.30. The van der Waals surface area contributed by atoms with Gasteiger partial charge in [-0.1, -0.05) is 31.4 Å². The number of halogens is 1. The van der Waals surface area contributed by atoms with Crippen molar-refractivity contribution in [3.63, 3.8) is 0 Å². The second-order valence-corrected chi connectivity index (χ2v) is 8.65. The first-order valence-corrected chi connectivity index (χ1v) is 11.1. The third-order valence-corrected chi connectivity index (χ3v) is 6.07. The Morgan fingerprint density at radius 3 is 2.96 bits per heavy atom. The Bertz CT molecular complexity index is 639. The van der Waals surface area contributed by atoms with Gasteiger partial charge >= 0.3 is 5.97 Å². The molecule has 0 saturated carbocycles. The molecule has 27 heavy (non-hydrogen) atoms. The summed E-state index contributed by atoms with van der Waals surface area (Å²) in [6.07, 6.45) is 5.36. The number of carbonyl (C=O) groups is 1. The molecule has 1 saturated heterocycles. The van der Waals surface area contributed by atoms with Crippen molar-refractivity contribution < 1.29 is 9.53 Å². The van der Waals surface area contributed by atoms with E-state index in [9.17, 15) is 4.79 Å². The van der Waals surface area contributed by atoms with E-state index in [1.165, 1.54) is 11.8 Å². The van der Waals surface area contributed by atoms with Crippen LogP contribution in [0.1, 0.15) is 46.0 Å². The average molecular weight is 430 g/mol. The summed E-state index contributed by atoms with van der Waals surface area (Å²) < 4.78 is 5.34. The van der Waals surface area contributed by atoms with Crippen LogP contribution in [0.25, 0.3) is 0 Å². The number of nitrogens with one attached hydrogen (secondary N) is 2. The molecule has 8 heteroatoms. The van der Waals surface area contributed by atoms with Gasteiger partial charge in [0.25, 0.3) is 0 Å². The van der Waals surface area contributed by atoms with E-state index in [0.29, 0.717) is 16.7 Å². The summed E-state index contributed by atoms with van der Waals surface area (Å²) in [5.41, 5.74) is 4.13. The smallest absolute Gasteiger partial charge is 0.319 e. The highest BCUT2D eigenvalue weighted by atomic mass is 35.5. The second kappa shape index (κ2) is 11.7. The maximum atomic E-state index is 12.2. The maximum Gasteiger partial charge on any atom is 0.319 e. The van der Waals surface area contributed by atoms with Gasteiger partial charge in [-0.15, -0.1) is 11.8 Å². The third-order valence-electron chi connectivity index (χ3n) is 4.17. The lowest BCUT2D eigenvalue weighted by atomic mass is 10.3. The quantitative estimate of drug-likeness (QED) is 0.265. The van der Waals surface area contributed by atoms with Gasteiger partial charge in [0.1, 0.15) is 5.25 Å². The highest BCUT2D eigenvalue weighted by Crippen LogP contribution is 2.33. The van der Waals surface area contributed by atoms with E-state index in [2.05, 4.69) is 17.7 Å². The molecule has 1 aromatic carbocycles. The molecule has 0 radical (unpaired) electrons. The standard InChI is InChI=1S/C19H28ClN3O2S2/c1-3-4-7-12-25-18(24)14(2)27-17-13-15(8-9-16(17)20)22-19(26)23-11-6-5-10-21-23/h8-9,13-14,21H,3-7,10-12H2,1-2H3,(H,22,26). The Morgan fingerprint density at radius 1 is 1.44 bits per heavy atom. The van der Waals surface area contributed by atoms with Crippen LogP contribution >= 0.6 is 35.6 Å². The Morgan fingerprint density at radius 2 is 2.26 bits per heavy atom. The number of benzene rings is 1. The maximum absolute atomic E-state index is 12.2. The van der Waals surface area contributed by atoms with Crippen LogP contribution in [0.5, 0.6) is 0 Å². The van der Waals surface area contributed by atoms with Crippen molar-refractivity contribution in [3.05, 3.63) is 23.2 Å². The number of anilines is 1. The monoisotopic (exact) mass is 429 g/mol. The zero-order valence-electron chi connectivity index (χ0n) is 15.9. The van der Waals surface area contributed by atoms with Crippen LogP contribution in [0, 0.1) is 0 Å². The highest BCUT2D eigenvalue weighted by molar-refractivity contribution is 8.00. The average Bonchev–Trinajstić information content (AvgIpc) is 2.68. The molecule has 2 N–H and O–H groups in total. The molecule has 1 aliphatic rings. The van der Waals surface area contributed by atoms with E-state index < -0.39 is 0 Å². The zero-order chi connectivity index (χ0) is 19.6. The fourth-order valence-corrected chi connectivity index (χ4v) is 4.05. The van der Waals surface area contributed by atoms with Crippen LogP contribution in [0.3, 0.4) is 0 Å². The molecule has 1 atom stereocenters. The second-order valence-electron chi connectivity index (χ2n) is 6.48. The zero-order valence-corrected chi connectivity index (χ0v) is 18.3. The lowest BCUT2D eigenvalue weighted by Crippen LogP contribution is -2.48. The van der Waals surface area contributed by atoms with Crippen LogP contribution in [0.15, 0.2) is 23.1 Å². The summed E-state index contributed by atoms with van der Waals surface area (Å²) in [6.45, 7) is 6.26. The molecule has 0 amide bonds. The van der Waals surface area contributed by atoms with Gasteiger partial charge in [-0.3, -0.25) is 9.80 Å². The minimum Gasteiger partial charge on any atom is -0.465 e. The molecule has 1 heterocycles. The number of thiocarbonyl (C=S) groups is 1. The number of thioether (sulfide) groups is 1. The molecule has 0 aliphatic carbocycles. The van der Waals surface area contributed by atoms with Crippen LogP contribution < -0.4 is 10.7 Å². The van der Waals surface area contributed by atoms with Gasteiger partial charge in [0, 0.05) is 23.7 Å². The van der Waals surface area contributed by atoms with E-state index in [-0.39, 0.29) is 11.2 Å². The molecule has 0 bridgehead atoms. The van der Waals surface area contributed by atoms with Crippen molar-refractivity contribution in [2.45, 2.75) is 56.1 Å². The largest absolute Gasteiger partial charge is 0.465 e. The number of nitrogens with zero attached hydrogens (tertiary/aromatic N) is 1. The molecule has 2 rings (SSSR count). The summed E-state index contributed by atoms with van der Waals surface area (Å²) in [7, 11) is 0. The van der Waals surface area contributed by atoms with Gasteiger partial charge in [0.15, 0.2) is 5.11 Å². The van der Waals surface area contributed by atoms with Crippen molar-refractivity contribution >= 4 is 52.3 Å². The number of carbonyl (C=O) groups excluding carboxylic acids is 1. The Labute approximate surface area is 176 Å². The summed E-state index contributed by atoms with van der Waals surface area (Å²) in [4.78, 5) is 13.0. The first kappa shape index (κ1) is 22.3. The van der Waals surface area contributed by atoms with Crippen LogP contribution in [0.4, 0.5) is 5.69 Å². The molecule has 150 valence electrons. The fourth-order valence-electron chi connectivity index (χ4n) is 2.60. The summed E-state index contributed by atoms with van der Waals surface area (Å²) in [6, 6.07) is 5.62. The molecular formula is C19H28ClN3O2S2. The van der Waals surface area contributed by atoms with Crippen molar-refractivity contribution in [2.75, 3.05) is 25.0 Å². The minimum atomic E-state index is -0.324. The van der Waals surface area contributed by atoms with Crippen LogP contribution in [-0.2, 0) is 9.53 Å². The number of rotatable bonds is 8. The Hall–Kier alpha value is -1.02. The summed E-state index contributed by atoms with van der Waals surface area (Å²) >= 11 is 13.2. The number of unbranched alkanes of at least 4 members (excludes halogenated alkanes) is 2. The van der Waals surface area contributed by atoms with Crippen LogP contribution in [0.2, 0.25) is 5.02 Å². The van der Waals surface area contributed by atoms with E-state index in [4.69, 9.17) is 28.6 Å². The first-order chi connectivity index (χ1) is 13.0. The van der Waals surface area contributed by atoms with Gasteiger partial charge in [0.05, 0.1) is 11.6 Å². The number of hydrogen-bond donors (Lipinski definition) is 2. The van der Waals surface area contributed by atoms with Crippen molar-refractivity contribution in [2.24, 2.45) is 0 Å². The fraction of sp³-hybridized carbons (Fsp3) is 0.579. The van der Waals surface area contributed by atoms with Gasteiger partial charge in [-0.2, -0.15) is 0 Å². The summed E-state index contributed by atoms with van der Waals surface area (Å²) in [5.74, 6) is -0.210. The molecule has 1 fully saturated rings. The SMILES string of the molecule is CCCCCOC(=O)C(C)Sc1cc(NC(=S)N2CCCCN2)ccc1Cl. The Balaban J connectivity index is 1.91. The van der Waals surface area contributed by atoms with Crippen molar-refractivity contribution in [1.82, 2.24) is 10.4 Å². The van der Waals surface area contributed by atoms with Gasteiger partial charge in [-0.05, 0) is 56.6 Å². The lowest BCUT2D eigenvalue weighted by molar-refractivity contribution is -0.142. The van der Waals surface area contributed by atoms with Gasteiger partial charge < -0.3 is 10.1 Å². The minimum absolute atomic E-state index is 0.210. The third kappa shape index (κ3) is 7.49. The number of ether oxygens (including phenoxy) is 1. The predicted molar refractivity (Wildman–Crippen MR) is 117 cm³/mol. The first-order valence-electron chi connectivity index (χ1n) is 9.46. The van der Waals surface area contributed by atoms with E-state index >= 15 is 0 Å². The van der Waals surface area contributed by atoms with Gasteiger partial charge in [-0.25, -0.2) is 5.43 Å². The highest BCUT2D eigenvalue weighted by Gasteiger charge is 2.18. The van der Waals surface area contributed by atoms with E-state index in [1.807, 2.05) is 30.1 Å². The number of hydrazine groups is 1. The molecule has 0 aromatic heterocycles. The molecule has 1 aliphatic heterocycles. The number of esters is 1. The van der Waals surface area contributed by atoms with Crippen LogP contribution in [-0.4, -0.2) is 41.0 Å². The van der Waals surface area contributed by atoms with Crippen molar-refractivity contribution in [1.29, 1.82) is 0 Å².